The van der Waals surface area contributed by atoms with E-state index < -0.39 is 0 Å². The molecule has 2 N–H and O–H groups in total. The molecule has 0 fully saturated rings. The summed E-state index contributed by atoms with van der Waals surface area (Å²) in [5, 5.41) is 9.69. The molecule has 78 valence electrons. The van der Waals surface area contributed by atoms with E-state index in [1.165, 1.54) is 0 Å². The lowest BCUT2D eigenvalue weighted by atomic mass is 10.3. The normalized spacial score (nSPS) is 12.5. The third kappa shape index (κ3) is 2.85. The topological polar surface area (TPSA) is 59.0 Å². The minimum Gasteiger partial charge on any atom is -0.351 e. The lowest BCUT2D eigenvalue weighted by Crippen LogP contribution is -2.39. The van der Waals surface area contributed by atoms with Gasteiger partial charge in [-0.25, -0.2) is 0 Å². The van der Waals surface area contributed by atoms with Crippen molar-refractivity contribution in [1.82, 2.24) is 20.4 Å². The van der Waals surface area contributed by atoms with E-state index in [4.69, 9.17) is 0 Å². The first kappa shape index (κ1) is 10.7. The summed E-state index contributed by atoms with van der Waals surface area (Å²) in [7, 11) is 3.61. The van der Waals surface area contributed by atoms with Gasteiger partial charge in [0.15, 0.2) is 0 Å². The van der Waals surface area contributed by atoms with Gasteiger partial charge in [0.1, 0.15) is 0 Å². The molecule has 0 aromatic carbocycles. The van der Waals surface area contributed by atoms with Gasteiger partial charge in [0, 0.05) is 25.4 Å². The number of carbonyl (C=O) groups excluding carboxylic acids is 1. The average Bonchev–Trinajstić information content (AvgIpc) is 2.59. The molecule has 1 amide bonds. The number of hydrogen-bond acceptors (Lipinski definition) is 3. The van der Waals surface area contributed by atoms with Gasteiger partial charge in [-0.1, -0.05) is 0 Å². The number of carbonyl (C=O) groups is 1. The second-order valence-electron chi connectivity index (χ2n) is 3.25. The monoisotopic (exact) mass is 196 g/mol. The predicted molar refractivity (Wildman–Crippen MR) is 53.6 cm³/mol. The van der Waals surface area contributed by atoms with Gasteiger partial charge in [0.05, 0.1) is 12.2 Å². The Morgan fingerprint density at radius 3 is 2.93 bits per heavy atom. The number of amides is 1. The standard InChI is InChI=1S/C9H16N4O/c1-7(10-2)9(14)11-4-8-5-12-13(3)6-8/h5-7,10H,4H2,1-3H3,(H,11,14). The number of nitrogens with one attached hydrogen (secondary N) is 2. The molecule has 5 nitrogen and oxygen atoms in total. The van der Waals surface area contributed by atoms with Crippen LogP contribution in [-0.2, 0) is 18.4 Å². The average molecular weight is 196 g/mol. The van der Waals surface area contributed by atoms with Crippen molar-refractivity contribution >= 4 is 5.91 Å². The summed E-state index contributed by atoms with van der Waals surface area (Å²) >= 11 is 0. The Balaban J connectivity index is 2.37. The molecule has 1 aromatic rings. The third-order valence-corrected chi connectivity index (χ3v) is 2.05. The van der Waals surface area contributed by atoms with Crippen LogP contribution in [0.1, 0.15) is 12.5 Å². The number of aryl methyl sites for hydroxylation is 1. The zero-order valence-electron chi connectivity index (χ0n) is 8.74. The van der Waals surface area contributed by atoms with E-state index in [0.717, 1.165) is 5.56 Å². The van der Waals surface area contributed by atoms with Crippen molar-refractivity contribution in [2.24, 2.45) is 7.05 Å². The van der Waals surface area contributed by atoms with Gasteiger partial charge in [-0.05, 0) is 14.0 Å². The van der Waals surface area contributed by atoms with Gasteiger partial charge < -0.3 is 10.6 Å². The molecule has 1 rings (SSSR count). The van der Waals surface area contributed by atoms with Crippen LogP contribution < -0.4 is 10.6 Å². The zero-order valence-corrected chi connectivity index (χ0v) is 8.74. The predicted octanol–water partition coefficient (Wildman–Crippen LogP) is -0.356. The number of hydrogen-bond donors (Lipinski definition) is 2. The fourth-order valence-electron chi connectivity index (χ4n) is 1.04. The maximum Gasteiger partial charge on any atom is 0.237 e. The van der Waals surface area contributed by atoms with Crippen LogP contribution in [-0.4, -0.2) is 28.8 Å². The Morgan fingerprint density at radius 1 is 1.71 bits per heavy atom. The minimum atomic E-state index is -0.160. The molecule has 0 aliphatic rings. The fourth-order valence-corrected chi connectivity index (χ4v) is 1.04. The Morgan fingerprint density at radius 2 is 2.43 bits per heavy atom. The van der Waals surface area contributed by atoms with E-state index >= 15 is 0 Å². The highest BCUT2D eigenvalue weighted by Gasteiger charge is 2.09. The van der Waals surface area contributed by atoms with Gasteiger partial charge in [-0.15, -0.1) is 0 Å². The number of rotatable bonds is 4. The second-order valence-corrected chi connectivity index (χ2v) is 3.25. The lowest BCUT2D eigenvalue weighted by Gasteiger charge is -2.09. The number of aromatic nitrogens is 2. The first-order chi connectivity index (χ1) is 6.63. The SMILES string of the molecule is CNC(C)C(=O)NCc1cnn(C)c1. The van der Waals surface area contributed by atoms with E-state index in [2.05, 4.69) is 15.7 Å². The Hall–Kier alpha value is -1.36. The molecule has 5 heteroatoms. The molecular weight excluding hydrogens is 180 g/mol. The molecule has 0 spiro atoms. The number of nitrogens with zero attached hydrogens (tertiary/aromatic N) is 2. The van der Waals surface area contributed by atoms with Crippen LogP contribution in [0, 0.1) is 0 Å². The maximum atomic E-state index is 11.4. The fraction of sp³-hybridized carbons (Fsp3) is 0.556. The van der Waals surface area contributed by atoms with Crippen molar-refractivity contribution < 1.29 is 4.79 Å². The largest absolute Gasteiger partial charge is 0.351 e. The van der Waals surface area contributed by atoms with E-state index in [9.17, 15) is 4.79 Å². The third-order valence-electron chi connectivity index (χ3n) is 2.05. The highest BCUT2D eigenvalue weighted by molar-refractivity contribution is 5.81. The smallest absolute Gasteiger partial charge is 0.237 e. The molecule has 0 saturated carbocycles. The van der Waals surface area contributed by atoms with Crippen LogP contribution >= 0.6 is 0 Å². The molecule has 1 heterocycles. The summed E-state index contributed by atoms with van der Waals surface area (Å²) < 4.78 is 1.71. The molecule has 1 atom stereocenters. The Kier molecular flexibility index (Phi) is 3.64. The van der Waals surface area contributed by atoms with Crippen LogP contribution in [0.5, 0.6) is 0 Å². The van der Waals surface area contributed by atoms with Gasteiger partial charge in [-0.2, -0.15) is 5.10 Å². The van der Waals surface area contributed by atoms with Crippen LogP contribution in [0.15, 0.2) is 12.4 Å². The first-order valence-electron chi connectivity index (χ1n) is 4.56. The summed E-state index contributed by atoms with van der Waals surface area (Å²) in [6, 6.07) is -0.160. The van der Waals surface area contributed by atoms with Crippen LogP contribution in [0.4, 0.5) is 0 Å². The van der Waals surface area contributed by atoms with E-state index in [0.29, 0.717) is 6.54 Å². The van der Waals surface area contributed by atoms with Crippen LogP contribution in [0.3, 0.4) is 0 Å². The maximum absolute atomic E-state index is 11.4. The molecule has 0 aliphatic heterocycles. The molecular formula is C9H16N4O. The molecule has 0 radical (unpaired) electrons. The molecule has 0 aliphatic carbocycles. The van der Waals surface area contributed by atoms with Crippen molar-refractivity contribution in [3.63, 3.8) is 0 Å². The van der Waals surface area contributed by atoms with Crippen molar-refractivity contribution in [1.29, 1.82) is 0 Å². The Bertz CT molecular complexity index is 308. The number of likely N-dealkylation sites (N-methyl/N-ethyl adjacent to an activating group) is 1. The van der Waals surface area contributed by atoms with Gasteiger partial charge in [0.25, 0.3) is 0 Å². The molecule has 1 aromatic heterocycles. The zero-order chi connectivity index (χ0) is 10.6. The van der Waals surface area contributed by atoms with Gasteiger partial charge in [-0.3, -0.25) is 9.48 Å². The van der Waals surface area contributed by atoms with E-state index in [1.54, 1.807) is 17.9 Å². The van der Waals surface area contributed by atoms with Crippen LogP contribution in [0.25, 0.3) is 0 Å². The van der Waals surface area contributed by atoms with Crippen molar-refractivity contribution in [3.05, 3.63) is 18.0 Å². The minimum absolute atomic E-state index is 0.00338. The highest BCUT2D eigenvalue weighted by atomic mass is 16.2. The van der Waals surface area contributed by atoms with Gasteiger partial charge in [0.2, 0.25) is 5.91 Å². The summed E-state index contributed by atoms with van der Waals surface area (Å²) in [4.78, 5) is 11.4. The summed E-state index contributed by atoms with van der Waals surface area (Å²) in [6.07, 6.45) is 3.62. The molecule has 0 saturated heterocycles. The summed E-state index contributed by atoms with van der Waals surface area (Å²) in [5.74, 6) is -0.00338. The Labute approximate surface area is 83.5 Å². The van der Waals surface area contributed by atoms with E-state index in [-0.39, 0.29) is 11.9 Å². The van der Waals surface area contributed by atoms with Crippen molar-refractivity contribution in [3.8, 4) is 0 Å². The lowest BCUT2D eigenvalue weighted by molar-refractivity contribution is -0.122. The quantitative estimate of drug-likeness (QED) is 0.691. The summed E-state index contributed by atoms with van der Waals surface area (Å²) in [6.45, 7) is 2.34. The van der Waals surface area contributed by atoms with Crippen molar-refractivity contribution in [2.45, 2.75) is 19.5 Å². The van der Waals surface area contributed by atoms with Gasteiger partial charge >= 0.3 is 0 Å². The first-order valence-corrected chi connectivity index (χ1v) is 4.56. The van der Waals surface area contributed by atoms with Crippen LogP contribution in [0.2, 0.25) is 0 Å². The summed E-state index contributed by atoms with van der Waals surface area (Å²) in [5.41, 5.74) is 1.00. The van der Waals surface area contributed by atoms with E-state index in [1.807, 2.05) is 20.2 Å². The molecule has 14 heavy (non-hydrogen) atoms. The molecule has 0 bridgehead atoms. The molecule has 1 unspecified atom stereocenters. The van der Waals surface area contributed by atoms with Crippen molar-refractivity contribution in [2.75, 3.05) is 7.05 Å². The highest BCUT2D eigenvalue weighted by Crippen LogP contribution is 1.95. The second kappa shape index (κ2) is 4.76.